The molecule has 152 valence electrons. The molecule has 1 atom stereocenters. The summed E-state index contributed by atoms with van der Waals surface area (Å²) in [7, 11) is 0. The van der Waals surface area contributed by atoms with Crippen LogP contribution in [0.15, 0.2) is 42.5 Å². The normalized spacial score (nSPS) is 20.7. The van der Waals surface area contributed by atoms with Gasteiger partial charge in [0.15, 0.2) is 5.78 Å². The fraction of sp³-hybridized carbons (Fsp3) is 0.292. The number of rotatable bonds is 4. The summed E-state index contributed by atoms with van der Waals surface area (Å²) in [6.07, 6.45) is 3.15. The molecule has 2 aromatic carbocycles. The summed E-state index contributed by atoms with van der Waals surface area (Å²) in [5, 5.41) is 3.62. The minimum Gasteiger partial charge on any atom is -0.358 e. The van der Waals surface area contributed by atoms with E-state index >= 15 is 0 Å². The van der Waals surface area contributed by atoms with Crippen molar-refractivity contribution < 1.29 is 14.4 Å². The lowest BCUT2D eigenvalue weighted by atomic mass is 9.89. The third-order valence-corrected chi connectivity index (χ3v) is 6.42. The minimum absolute atomic E-state index is 0.258. The van der Waals surface area contributed by atoms with Crippen LogP contribution < -0.4 is 5.32 Å². The first-order chi connectivity index (χ1) is 14.4. The number of fused-ring (bicyclic) bond motifs is 2. The third-order valence-electron chi connectivity index (χ3n) is 6.42. The molecule has 2 N–H and O–H groups in total. The Bertz CT molecular complexity index is 1230. The summed E-state index contributed by atoms with van der Waals surface area (Å²) in [5.41, 5.74) is 4.26. The highest BCUT2D eigenvalue weighted by Crippen LogP contribution is 2.33. The molecule has 3 aromatic rings. The van der Waals surface area contributed by atoms with E-state index in [1.165, 1.54) is 11.1 Å². The number of ketones is 1. The van der Waals surface area contributed by atoms with Gasteiger partial charge in [0.05, 0.1) is 6.54 Å². The Labute approximate surface area is 174 Å². The molecule has 5 rings (SSSR count). The molecule has 6 nitrogen and oxygen atoms in total. The Kier molecular flexibility index (Phi) is 4.07. The van der Waals surface area contributed by atoms with E-state index in [9.17, 15) is 14.4 Å². The van der Waals surface area contributed by atoms with Gasteiger partial charge in [-0.25, -0.2) is 4.79 Å². The Morgan fingerprint density at radius 3 is 2.70 bits per heavy atom. The van der Waals surface area contributed by atoms with Gasteiger partial charge >= 0.3 is 6.03 Å². The Hall–Kier alpha value is -3.41. The number of aromatic nitrogens is 1. The van der Waals surface area contributed by atoms with Gasteiger partial charge in [0.2, 0.25) is 0 Å². The average molecular weight is 401 g/mol. The highest BCUT2D eigenvalue weighted by Gasteiger charge is 2.49. The average Bonchev–Trinajstić information content (AvgIpc) is 3.38. The number of aryl methyl sites for hydroxylation is 3. The molecule has 0 radical (unpaired) electrons. The molecule has 0 unspecified atom stereocenters. The molecule has 1 saturated heterocycles. The van der Waals surface area contributed by atoms with Gasteiger partial charge in [0.1, 0.15) is 5.54 Å². The molecule has 2 heterocycles. The van der Waals surface area contributed by atoms with Gasteiger partial charge in [-0.2, -0.15) is 0 Å². The predicted molar refractivity (Wildman–Crippen MR) is 113 cm³/mol. The number of H-pyrrole nitrogens is 1. The predicted octanol–water partition coefficient (Wildman–Crippen LogP) is 3.61. The van der Waals surface area contributed by atoms with Crippen molar-refractivity contribution in [3.8, 4) is 0 Å². The lowest BCUT2D eigenvalue weighted by Gasteiger charge is -2.23. The molecule has 0 spiro atoms. The molecule has 2 aliphatic rings. The SMILES string of the molecule is Cc1[nH]c2ccccc2c1C(=O)CN1C(=O)N[C@](C)(c2ccc3c(c2)CCC3)C1=O. The smallest absolute Gasteiger partial charge is 0.325 e. The Balaban J connectivity index is 1.44. The second kappa shape index (κ2) is 6.55. The molecular formula is C24H23N3O3. The summed E-state index contributed by atoms with van der Waals surface area (Å²) in [6, 6.07) is 13.0. The zero-order valence-corrected chi connectivity index (χ0v) is 17.0. The van der Waals surface area contributed by atoms with E-state index in [4.69, 9.17) is 0 Å². The lowest BCUT2D eigenvalue weighted by molar-refractivity contribution is -0.130. The van der Waals surface area contributed by atoms with Gasteiger partial charge in [0.25, 0.3) is 5.91 Å². The van der Waals surface area contributed by atoms with E-state index in [-0.39, 0.29) is 12.3 Å². The number of benzene rings is 2. The number of imide groups is 1. The van der Waals surface area contributed by atoms with Crippen LogP contribution >= 0.6 is 0 Å². The fourth-order valence-corrected chi connectivity index (χ4v) is 4.78. The third kappa shape index (κ3) is 2.67. The molecule has 3 amide bonds. The maximum atomic E-state index is 13.3. The van der Waals surface area contributed by atoms with Crippen LogP contribution in [-0.4, -0.2) is 34.2 Å². The van der Waals surface area contributed by atoms with Gasteiger partial charge in [-0.15, -0.1) is 0 Å². The van der Waals surface area contributed by atoms with Gasteiger partial charge < -0.3 is 10.3 Å². The summed E-state index contributed by atoms with van der Waals surface area (Å²) >= 11 is 0. The van der Waals surface area contributed by atoms with E-state index in [0.29, 0.717) is 5.56 Å². The van der Waals surface area contributed by atoms with Crippen LogP contribution in [0, 0.1) is 6.92 Å². The molecule has 0 bridgehead atoms. The quantitative estimate of drug-likeness (QED) is 0.517. The highest BCUT2D eigenvalue weighted by molar-refractivity contribution is 6.15. The number of carbonyl (C=O) groups excluding carboxylic acids is 3. The number of aromatic amines is 1. The van der Waals surface area contributed by atoms with Crippen molar-refractivity contribution in [1.29, 1.82) is 0 Å². The van der Waals surface area contributed by atoms with Gasteiger partial charge in [-0.1, -0.05) is 36.4 Å². The van der Waals surface area contributed by atoms with Crippen molar-refractivity contribution in [2.75, 3.05) is 6.54 Å². The van der Waals surface area contributed by atoms with Crippen molar-refractivity contribution >= 4 is 28.6 Å². The molecule has 1 aromatic heterocycles. The van der Waals surface area contributed by atoms with Crippen LogP contribution in [0.5, 0.6) is 0 Å². The number of carbonyl (C=O) groups is 3. The summed E-state index contributed by atoms with van der Waals surface area (Å²) in [6.45, 7) is 3.26. The van der Waals surface area contributed by atoms with E-state index in [1.807, 2.05) is 49.4 Å². The van der Waals surface area contributed by atoms with Crippen molar-refractivity contribution in [3.05, 3.63) is 70.4 Å². The molecule has 1 fully saturated rings. The van der Waals surface area contributed by atoms with Gasteiger partial charge in [-0.3, -0.25) is 14.5 Å². The molecule has 1 aliphatic carbocycles. The monoisotopic (exact) mass is 401 g/mol. The van der Waals surface area contributed by atoms with Crippen molar-refractivity contribution in [3.63, 3.8) is 0 Å². The number of amides is 3. The standard InChI is InChI=1S/C24H23N3O3/c1-14-21(18-8-3-4-9-19(18)25-14)20(28)13-27-22(29)24(2,26-23(27)30)17-11-10-15-6-5-7-16(15)12-17/h3-4,8-12,25H,5-7,13H2,1-2H3,(H,26,30)/t24-/m1/s1. The molecular weight excluding hydrogens is 378 g/mol. The fourth-order valence-electron chi connectivity index (χ4n) is 4.78. The summed E-state index contributed by atoms with van der Waals surface area (Å²) < 4.78 is 0. The van der Waals surface area contributed by atoms with Crippen LogP contribution in [0.2, 0.25) is 0 Å². The topological polar surface area (TPSA) is 82.3 Å². The Morgan fingerprint density at radius 1 is 1.10 bits per heavy atom. The molecule has 30 heavy (non-hydrogen) atoms. The van der Waals surface area contributed by atoms with Crippen molar-refractivity contribution in [2.45, 2.75) is 38.6 Å². The number of nitrogens with zero attached hydrogens (tertiary/aromatic N) is 1. The maximum absolute atomic E-state index is 13.3. The van der Waals surface area contributed by atoms with Crippen molar-refractivity contribution in [2.24, 2.45) is 0 Å². The zero-order valence-electron chi connectivity index (χ0n) is 17.0. The first kappa shape index (κ1) is 18.6. The summed E-state index contributed by atoms with van der Waals surface area (Å²) in [4.78, 5) is 43.3. The second-order valence-corrected chi connectivity index (χ2v) is 8.38. The maximum Gasteiger partial charge on any atom is 0.325 e. The number of hydrogen-bond acceptors (Lipinski definition) is 3. The van der Waals surface area contributed by atoms with Crippen molar-refractivity contribution in [1.82, 2.24) is 15.2 Å². The molecule has 1 aliphatic heterocycles. The van der Waals surface area contributed by atoms with Crippen LogP contribution in [0.4, 0.5) is 4.79 Å². The lowest BCUT2D eigenvalue weighted by Crippen LogP contribution is -2.41. The van der Waals surface area contributed by atoms with Crippen LogP contribution in [-0.2, 0) is 23.2 Å². The van der Waals surface area contributed by atoms with E-state index in [1.54, 1.807) is 6.92 Å². The first-order valence-corrected chi connectivity index (χ1v) is 10.3. The van der Waals surface area contributed by atoms with Gasteiger partial charge in [-0.05, 0) is 55.9 Å². The number of Topliss-reactive ketones (excluding diaryl/α,β-unsaturated/α-hetero) is 1. The largest absolute Gasteiger partial charge is 0.358 e. The zero-order chi connectivity index (χ0) is 21.0. The highest BCUT2D eigenvalue weighted by atomic mass is 16.2. The Morgan fingerprint density at radius 2 is 1.87 bits per heavy atom. The number of nitrogens with one attached hydrogen (secondary N) is 2. The van der Waals surface area contributed by atoms with Gasteiger partial charge in [0, 0.05) is 22.2 Å². The number of hydrogen-bond donors (Lipinski definition) is 2. The van der Waals surface area contributed by atoms with E-state index in [2.05, 4.69) is 10.3 Å². The number of urea groups is 1. The van der Waals surface area contributed by atoms with E-state index < -0.39 is 17.5 Å². The van der Waals surface area contributed by atoms with Crippen LogP contribution in [0.3, 0.4) is 0 Å². The summed E-state index contributed by atoms with van der Waals surface area (Å²) in [5.74, 6) is -0.650. The first-order valence-electron chi connectivity index (χ1n) is 10.3. The van der Waals surface area contributed by atoms with Crippen LogP contribution in [0.1, 0.15) is 46.1 Å². The second-order valence-electron chi connectivity index (χ2n) is 8.38. The molecule has 6 heteroatoms. The molecule has 0 saturated carbocycles. The number of para-hydroxylation sites is 1. The minimum atomic E-state index is -1.16. The van der Waals surface area contributed by atoms with E-state index in [0.717, 1.165) is 46.3 Å². The van der Waals surface area contributed by atoms with Crippen LogP contribution in [0.25, 0.3) is 10.9 Å².